The molecule has 0 aliphatic heterocycles. The van der Waals surface area contributed by atoms with Gasteiger partial charge in [-0.1, -0.05) is 26.2 Å². The van der Waals surface area contributed by atoms with E-state index in [1.807, 2.05) is 48.5 Å². The van der Waals surface area contributed by atoms with Gasteiger partial charge in [-0.15, -0.1) is 0 Å². The third kappa shape index (κ3) is 7.05. The monoisotopic (exact) mass is 356 g/mol. The van der Waals surface area contributed by atoms with Gasteiger partial charge in [0.1, 0.15) is 11.5 Å². The maximum Gasteiger partial charge on any atom is 0.243 e. The number of amides is 1. The molecule has 0 aliphatic rings. The van der Waals surface area contributed by atoms with E-state index in [9.17, 15) is 4.79 Å². The molecule has 2 N–H and O–H groups in total. The van der Waals surface area contributed by atoms with Crippen molar-refractivity contribution in [2.24, 2.45) is 0 Å². The third-order valence-corrected chi connectivity index (χ3v) is 3.95. The summed E-state index contributed by atoms with van der Waals surface area (Å²) in [6.45, 7) is 3.14. The fourth-order valence-electron chi connectivity index (χ4n) is 2.45. The Morgan fingerprint density at radius 2 is 1.54 bits per heavy atom. The van der Waals surface area contributed by atoms with Gasteiger partial charge < -0.3 is 20.1 Å². The van der Waals surface area contributed by atoms with E-state index >= 15 is 0 Å². The molecule has 0 heterocycles. The zero-order valence-electron chi connectivity index (χ0n) is 15.6. The van der Waals surface area contributed by atoms with Crippen LogP contribution in [0.2, 0.25) is 0 Å². The molecule has 0 saturated heterocycles. The Morgan fingerprint density at radius 1 is 0.885 bits per heavy atom. The molecule has 0 aliphatic carbocycles. The van der Waals surface area contributed by atoms with Crippen LogP contribution >= 0.6 is 0 Å². The number of carbonyl (C=O) groups excluding carboxylic acids is 1. The van der Waals surface area contributed by atoms with Crippen LogP contribution in [0.4, 0.5) is 11.4 Å². The highest BCUT2D eigenvalue weighted by Gasteiger charge is 2.03. The maximum atomic E-state index is 12.0. The second-order valence-corrected chi connectivity index (χ2v) is 6.06. The number of nitrogens with one attached hydrogen (secondary N) is 2. The molecule has 0 radical (unpaired) electrons. The molecule has 1 amide bonds. The van der Waals surface area contributed by atoms with E-state index in [1.165, 1.54) is 19.3 Å². The molecular weight excluding hydrogens is 328 g/mol. The summed E-state index contributed by atoms with van der Waals surface area (Å²) in [7, 11) is 1.61. The van der Waals surface area contributed by atoms with Crippen molar-refractivity contribution in [2.75, 3.05) is 30.9 Å². The van der Waals surface area contributed by atoms with Gasteiger partial charge in [-0.2, -0.15) is 0 Å². The van der Waals surface area contributed by atoms with E-state index in [1.54, 1.807) is 7.11 Å². The Labute approximate surface area is 155 Å². The standard InChI is InChI=1S/C21H28N2O3/c1-3-4-5-6-15-26-20-13-7-17(8-14-20)22-16-21(24)23-18-9-11-19(25-2)12-10-18/h7-14,22H,3-6,15-16H2,1-2H3,(H,23,24). The first kappa shape index (κ1) is 19.6. The van der Waals surface area contributed by atoms with Gasteiger partial charge in [0.25, 0.3) is 0 Å². The van der Waals surface area contributed by atoms with Crippen molar-refractivity contribution in [1.82, 2.24) is 0 Å². The smallest absolute Gasteiger partial charge is 0.243 e. The average molecular weight is 356 g/mol. The predicted molar refractivity (Wildman–Crippen MR) is 106 cm³/mol. The number of carbonyl (C=O) groups is 1. The molecule has 26 heavy (non-hydrogen) atoms. The van der Waals surface area contributed by atoms with Crippen molar-refractivity contribution in [3.8, 4) is 11.5 Å². The fraction of sp³-hybridized carbons (Fsp3) is 0.381. The molecule has 0 fully saturated rings. The van der Waals surface area contributed by atoms with Crippen LogP contribution in [0.25, 0.3) is 0 Å². The SMILES string of the molecule is CCCCCCOc1ccc(NCC(=O)Nc2ccc(OC)cc2)cc1. The van der Waals surface area contributed by atoms with E-state index in [-0.39, 0.29) is 12.5 Å². The number of anilines is 2. The summed E-state index contributed by atoms with van der Waals surface area (Å²) in [5, 5.41) is 5.94. The first-order valence-electron chi connectivity index (χ1n) is 9.12. The quantitative estimate of drug-likeness (QED) is 0.573. The molecule has 140 valence electrons. The van der Waals surface area contributed by atoms with Crippen LogP contribution in [0.5, 0.6) is 11.5 Å². The third-order valence-electron chi connectivity index (χ3n) is 3.95. The molecule has 5 heteroatoms. The normalized spacial score (nSPS) is 10.2. The van der Waals surface area contributed by atoms with E-state index in [2.05, 4.69) is 17.6 Å². The fourth-order valence-corrected chi connectivity index (χ4v) is 2.45. The van der Waals surface area contributed by atoms with Crippen LogP contribution in [0.1, 0.15) is 32.6 Å². The summed E-state index contributed by atoms with van der Waals surface area (Å²) in [5.74, 6) is 1.51. The maximum absolute atomic E-state index is 12.0. The Morgan fingerprint density at radius 3 is 2.19 bits per heavy atom. The summed E-state index contributed by atoms with van der Waals surface area (Å²) < 4.78 is 10.8. The summed E-state index contributed by atoms with van der Waals surface area (Å²) in [4.78, 5) is 12.0. The van der Waals surface area contributed by atoms with Gasteiger partial charge in [0.05, 0.1) is 20.3 Å². The van der Waals surface area contributed by atoms with E-state index in [4.69, 9.17) is 9.47 Å². The van der Waals surface area contributed by atoms with Crippen molar-refractivity contribution in [3.05, 3.63) is 48.5 Å². The zero-order valence-corrected chi connectivity index (χ0v) is 15.6. The van der Waals surface area contributed by atoms with Crippen LogP contribution in [0.3, 0.4) is 0 Å². The van der Waals surface area contributed by atoms with Gasteiger partial charge in [0.2, 0.25) is 5.91 Å². The molecule has 0 bridgehead atoms. The summed E-state index contributed by atoms with van der Waals surface area (Å²) >= 11 is 0. The number of ether oxygens (including phenoxy) is 2. The molecule has 2 aromatic carbocycles. The van der Waals surface area contributed by atoms with Crippen LogP contribution in [0, 0.1) is 0 Å². The number of hydrogen-bond acceptors (Lipinski definition) is 4. The lowest BCUT2D eigenvalue weighted by molar-refractivity contribution is -0.114. The van der Waals surface area contributed by atoms with E-state index in [0.717, 1.165) is 35.9 Å². The van der Waals surface area contributed by atoms with Crippen LogP contribution in [-0.4, -0.2) is 26.2 Å². The van der Waals surface area contributed by atoms with Crippen LogP contribution in [-0.2, 0) is 4.79 Å². The lowest BCUT2D eigenvalue weighted by Gasteiger charge is -2.10. The predicted octanol–water partition coefficient (Wildman–Crippen LogP) is 4.70. The van der Waals surface area contributed by atoms with Crippen molar-refractivity contribution in [1.29, 1.82) is 0 Å². The minimum absolute atomic E-state index is 0.105. The molecular formula is C21H28N2O3. The van der Waals surface area contributed by atoms with E-state index in [0.29, 0.717) is 0 Å². The average Bonchev–Trinajstić information content (AvgIpc) is 2.68. The van der Waals surface area contributed by atoms with Gasteiger partial charge in [-0.25, -0.2) is 0 Å². The number of unbranched alkanes of at least 4 members (excludes halogenated alkanes) is 3. The molecule has 0 spiro atoms. The molecule has 5 nitrogen and oxygen atoms in total. The second-order valence-electron chi connectivity index (χ2n) is 6.06. The van der Waals surface area contributed by atoms with Gasteiger partial charge in [0.15, 0.2) is 0 Å². The summed E-state index contributed by atoms with van der Waals surface area (Å²) in [6, 6.07) is 14.9. The molecule has 0 unspecified atom stereocenters. The number of hydrogen-bond donors (Lipinski definition) is 2. The molecule has 0 saturated carbocycles. The van der Waals surface area contributed by atoms with Gasteiger partial charge in [-0.3, -0.25) is 4.79 Å². The number of benzene rings is 2. The Balaban J connectivity index is 1.70. The van der Waals surface area contributed by atoms with Crippen LogP contribution < -0.4 is 20.1 Å². The lowest BCUT2D eigenvalue weighted by atomic mass is 10.2. The van der Waals surface area contributed by atoms with Gasteiger partial charge in [0, 0.05) is 11.4 Å². The molecule has 2 aromatic rings. The topological polar surface area (TPSA) is 59.6 Å². The Bertz CT molecular complexity index is 654. The number of rotatable bonds is 11. The van der Waals surface area contributed by atoms with Crippen LogP contribution in [0.15, 0.2) is 48.5 Å². The lowest BCUT2D eigenvalue weighted by Crippen LogP contribution is -2.21. The van der Waals surface area contributed by atoms with Gasteiger partial charge >= 0.3 is 0 Å². The largest absolute Gasteiger partial charge is 0.497 e. The van der Waals surface area contributed by atoms with Crippen molar-refractivity contribution < 1.29 is 14.3 Å². The zero-order chi connectivity index (χ0) is 18.6. The first-order valence-corrected chi connectivity index (χ1v) is 9.12. The minimum atomic E-state index is -0.105. The Kier molecular flexibility index (Phi) is 8.33. The second kappa shape index (κ2) is 11.0. The van der Waals surface area contributed by atoms with Crippen molar-refractivity contribution >= 4 is 17.3 Å². The molecule has 2 rings (SSSR count). The van der Waals surface area contributed by atoms with Crippen molar-refractivity contribution in [2.45, 2.75) is 32.6 Å². The first-order chi connectivity index (χ1) is 12.7. The Hall–Kier alpha value is -2.69. The van der Waals surface area contributed by atoms with Gasteiger partial charge in [-0.05, 0) is 55.0 Å². The van der Waals surface area contributed by atoms with Crippen molar-refractivity contribution in [3.63, 3.8) is 0 Å². The summed E-state index contributed by atoms with van der Waals surface area (Å²) in [6.07, 6.45) is 4.77. The molecule has 0 atom stereocenters. The van der Waals surface area contributed by atoms with E-state index < -0.39 is 0 Å². The minimum Gasteiger partial charge on any atom is -0.497 e. The molecule has 0 aromatic heterocycles. The highest BCUT2D eigenvalue weighted by atomic mass is 16.5. The summed E-state index contributed by atoms with van der Waals surface area (Å²) in [5.41, 5.74) is 1.62. The highest BCUT2D eigenvalue weighted by Crippen LogP contribution is 2.17. The highest BCUT2D eigenvalue weighted by molar-refractivity contribution is 5.93. The number of methoxy groups -OCH3 is 1.